The molecule has 0 saturated carbocycles. The Bertz CT molecular complexity index is 1540. The van der Waals surface area contributed by atoms with Crippen molar-refractivity contribution in [1.29, 1.82) is 0 Å². The Labute approximate surface area is 265 Å². The molecule has 0 radical (unpaired) electrons. The molecule has 236 valence electrons. The molecule has 0 aliphatic carbocycles. The van der Waals surface area contributed by atoms with Crippen LogP contribution in [0.15, 0.2) is 84.0 Å². The summed E-state index contributed by atoms with van der Waals surface area (Å²) in [5.41, 5.74) is 4.39. The lowest BCUT2D eigenvalue weighted by atomic mass is 9.91. The third kappa shape index (κ3) is 8.45. The molecule has 1 fully saturated rings. The number of para-hydroxylation sites is 1. The number of nitrogens with one attached hydrogen (secondary N) is 2. The molecule has 1 aliphatic rings. The van der Waals surface area contributed by atoms with Gasteiger partial charge in [0.25, 0.3) is 0 Å². The maximum atomic E-state index is 12.1. The number of esters is 1. The van der Waals surface area contributed by atoms with Gasteiger partial charge in [0.15, 0.2) is 6.29 Å². The summed E-state index contributed by atoms with van der Waals surface area (Å²) in [5, 5.41) is 27.7. The number of aliphatic hydroxyl groups is 1. The Kier molecular flexibility index (Phi) is 11.1. The smallest absolute Gasteiger partial charge is 0.325 e. The Hall–Kier alpha value is -4.30. The number of aromatic nitrogens is 4. The maximum absolute atomic E-state index is 12.1. The largest absolute Gasteiger partial charge is 0.465 e. The molecular formula is C32H36N6O6S. The van der Waals surface area contributed by atoms with Gasteiger partial charge in [0.05, 0.1) is 31.1 Å². The number of carbonyl (C=O) groups excluding carboxylic acids is 2. The van der Waals surface area contributed by atoms with Gasteiger partial charge in [-0.25, -0.2) is 4.79 Å². The number of aliphatic hydroxyl groups excluding tert-OH is 1. The van der Waals surface area contributed by atoms with E-state index in [2.05, 4.69) is 33.1 Å². The van der Waals surface area contributed by atoms with Crippen LogP contribution in [0.1, 0.15) is 48.5 Å². The first kappa shape index (κ1) is 32.1. The van der Waals surface area contributed by atoms with Gasteiger partial charge in [-0.1, -0.05) is 85.4 Å². The predicted molar refractivity (Wildman–Crippen MR) is 166 cm³/mol. The number of nitrogens with zero attached hydrogens (tertiary/aromatic N) is 4. The Morgan fingerprint density at radius 2 is 1.67 bits per heavy atom. The number of tetrazole rings is 1. The molecule has 3 N–H and O–H groups in total. The molecule has 12 nitrogen and oxygen atoms in total. The molecule has 0 spiro atoms. The van der Waals surface area contributed by atoms with E-state index in [-0.39, 0.29) is 44.4 Å². The topological polar surface area (TPSA) is 150 Å². The third-order valence-electron chi connectivity index (χ3n) is 7.35. The molecule has 5 rings (SSSR count). The first-order chi connectivity index (χ1) is 21.9. The van der Waals surface area contributed by atoms with Crippen LogP contribution in [-0.4, -0.2) is 62.3 Å². The zero-order valence-corrected chi connectivity index (χ0v) is 25.9. The molecule has 13 heteroatoms. The number of benzene rings is 3. The van der Waals surface area contributed by atoms with Gasteiger partial charge in [-0.15, -0.1) is 5.10 Å². The third-order valence-corrected chi connectivity index (χ3v) is 8.35. The SMILES string of the molecule is CCOC(=O)CNC(=O)NCc1ccc([C@@H]2O[C@H](CSc3nnnn3-c3ccccc3)[C@H](C)[C@H](c3ccc(CO)cc3)O2)cc1. The lowest BCUT2D eigenvalue weighted by molar-refractivity contribution is -0.268. The quantitative estimate of drug-likeness (QED) is 0.154. The van der Waals surface area contributed by atoms with E-state index in [4.69, 9.17) is 14.2 Å². The summed E-state index contributed by atoms with van der Waals surface area (Å²) in [6.45, 7) is 4.11. The minimum Gasteiger partial charge on any atom is -0.465 e. The van der Waals surface area contributed by atoms with Crippen molar-refractivity contribution in [2.75, 3.05) is 18.9 Å². The standard InChI is InChI=1S/C32H36N6O6S/c1-3-42-28(40)18-34-31(41)33-17-22-9-15-25(16-10-22)30-43-27(21(2)29(44-30)24-13-11-23(19-39)12-14-24)20-45-32-35-36-37-38(32)26-7-5-4-6-8-26/h4-16,21,27,29-30,39H,3,17-20H2,1-2H3,(H2,33,34,41)/t21-,27+,29+,30+/m0/s1. The summed E-state index contributed by atoms with van der Waals surface area (Å²) in [5.74, 6) is 0.0850. The second kappa shape index (κ2) is 15.6. The molecule has 1 saturated heterocycles. The van der Waals surface area contributed by atoms with Crippen molar-refractivity contribution in [2.24, 2.45) is 5.92 Å². The minimum atomic E-state index is -0.644. The van der Waals surface area contributed by atoms with E-state index < -0.39 is 18.3 Å². The van der Waals surface area contributed by atoms with E-state index in [9.17, 15) is 14.7 Å². The fraction of sp³-hybridized carbons (Fsp3) is 0.344. The summed E-state index contributed by atoms with van der Waals surface area (Å²) < 4.78 is 19.6. The van der Waals surface area contributed by atoms with Crippen LogP contribution in [0.2, 0.25) is 0 Å². The highest BCUT2D eigenvalue weighted by atomic mass is 32.2. The number of rotatable bonds is 12. The van der Waals surface area contributed by atoms with Crippen molar-refractivity contribution in [3.63, 3.8) is 0 Å². The van der Waals surface area contributed by atoms with Gasteiger partial charge >= 0.3 is 12.0 Å². The highest BCUT2D eigenvalue weighted by Gasteiger charge is 2.38. The molecule has 4 aromatic rings. The summed E-state index contributed by atoms with van der Waals surface area (Å²) in [4.78, 5) is 23.5. The number of hydrogen-bond donors (Lipinski definition) is 3. The van der Waals surface area contributed by atoms with Crippen molar-refractivity contribution >= 4 is 23.8 Å². The summed E-state index contributed by atoms with van der Waals surface area (Å²) in [7, 11) is 0. The highest BCUT2D eigenvalue weighted by Crippen LogP contribution is 2.43. The summed E-state index contributed by atoms with van der Waals surface area (Å²) >= 11 is 1.52. The van der Waals surface area contributed by atoms with Crippen LogP contribution in [0.4, 0.5) is 4.79 Å². The van der Waals surface area contributed by atoms with Gasteiger partial charge in [0.1, 0.15) is 6.54 Å². The van der Waals surface area contributed by atoms with Gasteiger partial charge in [-0.2, -0.15) is 4.68 Å². The zero-order valence-electron chi connectivity index (χ0n) is 25.0. The van der Waals surface area contributed by atoms with E-state index in [1.807, 2.05) is 78.9 Å². The average Bonchev–Trinajstić information content (AvgIpc) is 3.55. The van der Waals surface area contributed by atoms with Crippen LogP contribution in [-0.2, 0) is 32.2 Å². The fourth-order valence-electron chi connectivity index (χ4n) is 4.87. The minimum absolute atomic E-state index is 0.00799. The maximum Gasteiger partial charge on any atom is 0.325 e. The number of hydrogen-bond acceptors (Lipinski definition) is 10. The Morgan fingerprint density at radius 1 is 0.956 bits per heavy atom. The first-order valence-corrected chi connectivity index (χ1v) is 15.7. The van der Waals surface area contributed by atoms with E-state index >= 15 is 0 Å². The van der Waals surface area contributed by atoms with Crippen LogP contribution in [0, 0.1) is 5.92 Å². The normalized spacial score (nSPS) is 19.5. The van der Waals surface area contributed by atoms with Gasteiger partial charge in [-0.05, 0) is 46.2 Å². The second-order valence-corrected chi connectivity index (χ2v) is 11.4. The lowest BCUT2D eigenvalue weighted by Crippen LogP contribution is -2.39. The summed E-state index contributed by atoms with van der Waals surface area (Å²) in [6, 6.07) is 24.7. The van der Waals surface area contributed by atoms with Crippen LogP contribution in [0.3, 0.4) is 0 Å². The molecule has 2 heterocycles. The zero-order chi connectivity index (χ0) is 31.6. The van der Waals surface area contributed by atoms with Gasteiger partial charge in [0, 0.05) is 23.8 Å². The van der Waals surface area contributed by atoms with E-state index in [0.29, 0.717) is 10.9 Å². The molecule has 0 unspecified atom stereocenters. The summed E-state index contributed by atoms with van der Waals surface area (Å²) in [6.07, 6.45) is -1.12. The monoisotopic (exact) mass is 632 g/mol. The lowest BCUT2D eigenvalue weighted by Gasteiger charge is -2.41. The van der Waals surface area contributed by atoms with Crippen LogP contribution in [0.25, 0.3) is 5.69 Å². The van der Waals surface area contributed by atoms with E-state index in [1.165, 1.54) is 11.8 Å². The van der Waals surface area contributed by atoms with Crippen LogP contribution in [0.5, 0.6) is 0 Å². The molecular weight excluding hydrogens is 596 g/mol. The Balaban J connectivity index is 1.28. The van der Waals surface area contributed by atoms with Crippen molar-refractivity contribution in [1.82, 2.24) is 30.8 Å². The van der Waals surface area contributed by atoms with Crippen molar-refractivity contribution in [3.05, 3.63) is 101 Å². The average molecular weight is 633 g/mol. The number of ether oxygens (including phenoxy) is 3. The van der Waals surface area contributed by atoms with Crippen LogP contribution >= 0.6 is 11.8 Å². The highest BCUT2D eigenvalue weighted by molar-refractivity contribution is 7.99. The first-order valence-electron chi connectivity index (χ1n) is 14.7. The van der Waals surface area contributed by atoms with Crippen LogP contribution < -0.4 is 10.6 Å². The van der Waals surface area contributed by atoms with Gasteiger partial charge in [-0.3, -0.25) is 4.79 Å². The van der Waals surface area contributed by atoms with Gasteiger partial charge in [0.2, 0.25) is 5.16 Å². The molecule has 1 aromatic heterocycles. The van der Waals surface area contributed by atoms with E-state index in [0.717, 1.165) is 27.9 Å². The van der Waals surface area contributed by atoms with E-state index in [1.54, 1.807) is 11.6 Å². The molecule has 3 aromatic carbocycles. The second-order valence-electron chi connectivity index (χ2n) is 10.4. The fourth-order valence-corrected chi connectivity index (χ4v) is 5.92. The van der Waals surface area contributed by atoms with Gasteiger partial charge < -0.3 is 30.0 Å². The predicted octanol–water partition coefficient (Wildman–Crippen LogP) is 4.10. The Morgan fingerprint density at radius 3 is 2.38 bits per heavy atom. The number of amides is 2. The van der Waals surface area contributed by atoms with Crippen molar-refractivity contribution < 1.29 is 28.9 Å². The number of thioether (sulfide) groups is 1. The molecule has 0 bridgehead atoms. The molecule has 4 atom stereocenters. The molecule has 45 heavy (non-hydrogen) atoms. The number of carbonyl (C=O) groups is 2. The number of urea groups is 1. The van der Waals surface area contributed by atoms with Crippen molar-refractivity contribution in [2.45, 2.75) is 50.7 Å². The van der Waals surface area contributed by atoms with Crippen molar-refractivity contribution in [3.8, 4) is 5.69 Å². The molecule has 1 aliphatic heterocycles. The molecule has 2 amide bonds.